The van der Waals surface area contributed by atoms with Crippen LogP contribution in [0.5, 0.6) is 11.5 Å². The van der Waals surface area contributed by atoms with Crippen LogP contribution in [0.25, 0.3) is 11.1 Å². The number of hydrogen-bond acceptors (Lipinski definition) is 4. The molecule has 0 N–H and O–H groups in total. The summed E-state index contributed by atoms with van der Waals surface area (Å²) in [5, 5.41) is 0. The Balaban J connectivity index is 2.34. The molecule has 4 nitrogen and oxygen atoms in total. The molecule has 0 bridgehead atoms. The fourth-order valence-corrected chi connectivity index (χ4v) is 2.00. The van der Waals surface area contributed by atoms with E-state index < -0.39 is 41.1 Å². The maximum Gasteiger partial charge on any atom is 0.338 e. The average molecular weight is 378 g/mol. The van der Waals surface area contributed by atoms with Gasteiger partial charge in [-0.05, 0) is 36.8 Å². The van der Waals surface area contributed by atoms with Crippen LogP contribution >= 0.6 is 0 Å². The highest BCUT2D eigenvalue weighted by atomic mass is 19.2. The first-order chi connectivity index (χ1) is 12.6. The molecule has 2 aromatic carbocycles. The molecule has 0 fully saturated rings. The second-order valence-electron chi connectivity index (χ2n) is 6.13. The van der Waals surface area contributed by atoms with Gasteiger partial charge in [0.25, 0.3) is 0 Å². The molecule has 0 aliphatic heterocycles. The summed E-state index contributed by atoms with van der Waals surface area (Å²) in [6.07, 6.45) is 0. The molecular formula is C20H17F3O4. The molecule has 2 aromatic rings. The fourth-order valence-electron chi connectivity index (χ4n) is 2.00. The lowest BCUT2D eigenvalue weighted by Gasteiger charge is -2.11. The number of hydrogen-bond donors (Lipinski definition) is 0. The maximum atomic E-state index is 14.4. The van der Waals surface area contributed by atoms with Crippen LogP contribution in [-0.4, -0.2) is 11.9 Å². The third kappa shape index (κ3) is 4.55. The van der Waals surface area contributed by atoms with Crippen molar-refractivity contribution in [2.75, 3.05) is 0 Å². The van der Waals surface area contributed by atoms with E-state index in [1.807, 2.05) is 0 Å². The third-order valence-electron chi connectivity index (χ3n) is 3.52. The highest BCUT2D eigenvalue weighted by Crippen LogP contribution is 2.32. The maximum absolute atomic E-state index is 14.4. The van der Waals surface area contributed by atoms with Gasteiger partial charge in [-0.2, -0.15) is 4.39 Å². The Hall–Kier alpha value is -3.09. The SMILES string of the molecule is C=C(C)C(=O)Oc1ccc(-c2ccc(OC(=O)C(C)C)c(F)c2F)cc1F. The Morgan fingerprint density at radius 2 is 1.59 bits per heavy atom. The summed E-state index contributed by atoms with van der Waals surface area (Å²) in [5.41, 5.74) is -0.146. The molecule has 142 valence electrons. The summed E-state index contributed by atoms with van der Waals surface area (Å²) in [5.74, 6) is -6.55. The average Bonchev–Trinajstić information content (AvgIpc) is 2.60. The molecule has 0 saturated carbocycles. The summed E-state index contributed by atoms with van der Waals surface area (Å²) in [7, 11) is 0. The van der Waals surface area contributed by atoms with Crippen molar-refractivity contribution in [1.82, 2.24) is 0 Å². The summed E-state index contributed by atoms with van der Waals surface area (Å²) < 4.78 is 52.3. The fraction of sp³-hybridized carbons (Fsp3) is 0.200. The van der Waals surface area contributed by atoms with Gasteiger partial charge in [-0.1, -0.05) is 26.5 Å². The lowest BCUT2D eigenvalue weighted by molar-refractivity contribution is -0.138. The first-order valence-corrected chi connectivity index (χ1v) is 7.99. The standard InChI is InChI=1S/C20H17F3O4/c1-10(2)19(24)26-15-7-5-12(9-14(15)21)13-6-8-16(18(23)17(13)22)27-20(25)11(3)4/h5-9,11H,1H2,2-4H3. The Labute approximate surface area is 154 Å². The molecule has 0 saturated heterocycles. The zero-order valence-electron chi connectivity index (χ0n) is 14.9. The zero-order chi connectivity index (χ0) is 20.3. The molecule has 0 radical (unpaired) electrons. The number of rotatable bonds is 5. The van der Waals surface area contributed by atoms with Gasteiger partial charge in [0.2, 0.25) is 5.82 Å². The van der Waals surface area contributed by atoms with E-state index in [0.717, 1.165) is 24.3 Å². The normalized spacial score (nSPS) is 10.6. The highest BCUT2D eigenvalue weighted by Gasteiger charge is 2.20. The van der Waals surface area contributed by atoms with E-state index in [0.29, 0.717) is 0 Å². The molecule has 0 heterocycles. The largest absolute Gasteiger partial charge is 0.423 e. The van der Waals surface area contributed by atoms with Gasteiger partial charge in [0.15, 0.2) is 23.1 Å². The second kappa shape index (κ2) is 8.07. The van der Waals surface area contributed by atoms with Crippen molar-refractivity contribution in [2.24, 2.45) is 5.92 Å². The van der Waals surface area contributed by atoms with E-state index in [2.05, 4.69) is 6.58 Å². The third-order valence-corrected chi connectivity index (χ3v) is 3.52. The van der Waals surface area contributed by atoms with Crippen molar-refractivity contribution in [2.45, 2.75) is 20.8 Å². The molecule has 0 aliphatic rings. The van der Waals surface area contributed by atoms with Crippen molar-refractivity contribution in [1.29, 1.82) is 0 Å². The Morgan fingerprint density at radius 3 is 2.15 bits per heavy atom. The van der Waals surface area contributed by atoms with Crippen molar-refractivity contribution < 1.29 is 32.2 Å². The van der Waals surface area contributed by atoms with Crippen LogP contribution in [0.2, 0.25) is 0 Å². The van der Waals surface area contributed by atoms with Crippen molar-refractivity contribution >= 4 is 11.9 Å². The molecule has 0 amide bonds. The van der Waals surface area contributed by atoms with Crippen LogP contribution in [0.4, 0.5) is 13.2 Å². The Bertz CT molecular complexity index is 920. The molecule has 0 aromatic heterocycles. The Morgan fingerprint density at radius 1 is 0.963 bits per heavy atom. The molecule has 0 spiro atoms. The summed E-state index contributed by atoms with van der Waals surface area (Å²) in [6.45, 7) is 7.89. The first-order valence-electron chi connectivity index (χ1n) is 7.99. The smallest absolute Gasteiger partial charge is 0.338 e. The minimum absolute atomic E-state index is 0.0146. The van der Waals surface area contributed by atoms with E-state index >= 15 is 0 Å². The van der Waals surface area contributed by atoms with E-state index in [4.69, 9.17) is 9.47 Å². The number of benzene rings is 2. The van der Waals surface area contributed by atoms with E-state index in [-0.39, 0.29) is 22.4 Å². The molecular weight excluding hydrogens is 361 g/mol. The van der Waals surface area contributed by atoms with Gasteiger partial charge < -0.3 is 9.47 Å². The van der Waals surface area contributed by atoms with Crippen LogP contribution in [0.1, 0.15) is 20.8 Å². The van der Waals surface area contributed by atoms with E-state index in [1.54, 1.807) is 13.8 Å². The molecule has 0 unspecified atom stereocenters. The van der Waals surface area contributed by atoms with Gasteiger partial charge in [-0.25, -0.2) is 13.6 Å². The van der Waals surface area contributed by atoms with E-state index in [9.17, 15) is 22.8 Å². The lowest BCUT2D eigenvalue weighted by Crippen LogP contribution is -2.16. The van der Waals surface area contributed by atoms with Crippen molar-refractivity contribution in [3.63, 3.8) is 0 Å². The van der Waals surface area contributed by atoms with Gasteiger partial charge in [-0.3, -0.25) is 4.79 Å². The second-order valence-corrected chi connectivity index (χ2v) is 6.13. The van der Waals surface area contributed by atoms with Crippen LogP contribution in [0.3, 0.4) is 0 Å². The minimum atomic E-state index is -1.36. The number of carbonyl (C=O) groups excluding carboxylic acids is 2. The highest BCUT2D eigenvalue weighted by molar-refractivity contribution is 5.88. The predicted molar refractivity (Wildman–Crippen MR) is 92.7 cm³/mol. The number of halogens is 3. The first kappa shape index (κ1) is 20.2. The molecule has 0 atom stereocenters. The van der Waals surface area contributed by atoms with Gasteiger partial charge in [-0.15, -0.1) is 0 Å². The lowest BCUT2D eigenvalue weighted by atomic mass is 10.0. The van der Waals surface area contributed by atoms with Crippen LogP contribution in [0, 0.1) is 23.4 Å². The van der Waals surface area contributed by atoms with Crippen LogP contribution in [-0.2, 0) is 9.59 Å². The predicted octanol–water partition coefficient (Wildman–Crippen LogP) is 4.81. The van der Waals surface area contributed by atoms with Gasteiger partial charge in [0.1, 0.15) is 0 Å². The van der Waals surface area contributed by atoms with Gasteiger partial charge in [0.05, 0.1) is 5.92 Å². The summed E-state index contributed by atoms with van der Waals surface area (Å²) in [6, 6.07) is 5.53. The van der Waals surface area contributed by atoms with Gasteiger partial charge >= 0.3 is 11.9 Å². The van der Waals surface area contributed by atoms with Crippen LogP contribution < -0.4 is 9.47 Å². The number of carbonyl (C=O) groups is 2. The molecule has 7 heteroatoms. The zero-order valence-corrected chi connectivity index (χ0v) is 14.9. The molecule has 2 rings (SSSR count). The molecule has 27 heavy (non-hydrogen) atoms. The molecule has 0 aliphatic carbocycles. The van der Waals surface area contributed by atoms with Crippen LogP contribution in [0.15, 0.2) is 42.5 Å². The quantitative estimate of drug-likeness (QED) is 0.426. The number of esters is 2. The topological polar surface area (TPSA) is 52.6 Å². The van der Waals surface area contributed by atoms with Crippen molar-refractivity contribution in [3.8, 4) is 22.6 Å². The minimum Gasteiger partial charge on any atom is -0.423 e. The van der Waals surface area contributed by atoms with Gasteiger partial charge in [0, 0.05) is 11.1 Å². The summed E-state index contributed by atoms with van der Waals surface area (Å²) >= 11 is 0. The van der Waals surface area contributed by atoms with E-state index in [1.165, 1.54) is 13.0 Å². The van der Waals surface area contributed by atoms with Crippen molar-refractivity contribution in [3.05, 3.63) is 59.9 Å². The Kier molecular flexibility index (Phi) is 6.05. The summed E-state index contributed by atoms with van der Waals surface area (Å²) in [4.78, 5) is 23.0. The number of ether oxygens (including phenoxy) is 2. The monoisotopic (exact) mass is 378 g/mol.